The number of rotatable bonds is 6. The highest BCUT2D eigenvalue weighted by molar-refractivity contribution is 5.45. The minimum absolute atomic E-state index is 0.123. The third kappa shape index (κ3) is 5.62. The summed E-state index contributed by atoms with van der Waals surface area (Å²) in [6.07, 6.45) is 0. The molecule has 0 spiro atoms. The summed E-state index contributed by atoms with van der Waals surface area (Å²) in [7, 11) is 7.88. The first kappa shape index (κ1) is 16.5. The molecule has 110 valence electrons. The van der Waals surface area contributed by atoms with E-state index < -0.39 is 0 Å². The molecule has 0 heterocycles. The van der Waals surface area contributed by atoms with Gasteiger partial charge < -0.3 is 19.6 Å². The average molecular weight is 276 g/mol. The predicted octanol–water partition coefficient (Wildman–Crippen LogP) is 1.03. The number of aliphatic hydroxyl groups is 1. The van der Waals surface area contributed by atoms with Crippen molar-refractivity contribution in [2.45, 2.75) is 6.54 Å². The van der Waals surface area contributed by atoms with Crippen molar-refractivity contribution >= 4 is 0 Å². The summed E-state index contributed by atoms with van der Waals surface area (Å²) in [5, 5.41) is 8.83. The van der Waals surface area contributed by atoms with Gasteiger partial charge in [0.25, 0.3) is 0 Å². The minimum Gasteiger partial charge on any atom is -0.497 e. The monoisotopic (exact) mass is 276 g/mol. The lowest BCUT2D eigenvalue weighted by Gasteiger charge is -2.20. The first-order valence-corrected chi connectivity index (χ1v) is 6.66. The minimum atomic E-state index is -0.123. The Morgan fingerprint density at radius 1 is 1.20 bits per heavy atom. The van der Waals surface area contributed by atoms with Crippen LogP contribution in [0, 0.1) is 11.8 Å². The van der Waals surface area contributed by atoms with Crippen LogP contribution in [0.4, 0.5) is 0 Å². The standard InChI is InChI=1S/C16H24N2O2/c1-17(2)9-10-18(3)13-15-12-16(20-4)8-7-14(15)6-5-11-19/h7-8,12,19H,9-11,13H2,1-4H3. The Hall–Kier alpha value is -1.54. The van der Waals surface area contributed by atoms with Crippen LogP contribution in [0.3, 0.4) is 0 Å². The van der Waals surface area contributed by atoms with Crippen LogP contribution in [-0.4, -0.2) is 62.9 Å². The van der Waals surface area contributed by atoms with E-state index in [1.807, 2.05) is 18.2 Å². The van der Waals surface area contributed by atoms with Gasteiger partial charge >= 0.3 is 0 Å². The Balaban J connectivity index is 2.84. The maximum Gasteiger partial charge on any atom is 0.119 e. The Kier molecular flexibility index (Phi) is 7.10. The molecule has 0 atom stereocenters. The van der Waals surface area contributed by atoms with Gasteiger partial charge in [0, 0.05) is 25.2 Å². The van der Waals surface area contributed by atoms with Crippen LogP contribution in [0.15, 0.2) is 18.2 Å². The van der Waals surface area contributed by atoms with Crippen molar-refractivity contribution in [2.24, 2.45) is 0 Å². The third-order valence-corrected chi connectivity index (χ3v) is 2.98. The van der Waals surface area contributed by atoms with Crippen LogP contribution in [0.25, 0.3) is 0 Å². The molecule has 0 bridgehead atoms. The van der Waals surface area contributed by atoms with E-state index in [2.05, 4.69) is 42.8 Å². The first-order valence-electron chi connectivity index (χ1n) is 6.66. The van der Waals surface area contributed by atoms with Gasteiger partial charge in [0.15, 0.2) is 0 Å². The number of aliphatic hydroxyl groups excluding tert-OH is 1. The zero-order valence-corrected chi connectivity index (χ0v) is 12.8. The smallest absolute Gasteiger partial charge is 0.119 e. The second-order valence-electron chi connectivity index (χ2n) is 5.02. The van der Waals surface area contributed by atoms with Crippen molar-refractivity contribution in [2.75, 3.05) is 47.9 Å². The fourth-order valence-corrected chi connectivity index (χ4v) is 1.83. The summed E-state index contributed by atoms with van der Waals surface area (Å²) in [5.74, 6) is 6.52. The molecule has 0 amide bonds. The van der Waals surface area contributed by atoms with Crippen LogP contribution in [-0.2, 0) is 6.54 Å². The molecule has 4 nitrogen and oxygen atoms in total. The van der Waals surface area contributed by atoms with Gasteiger partial charge in [-0.3, -0.25) is 0 Å². The number of likely N-dealkylation sites (N-methyl/N-ethyl adjacent to an activating group) is 2. The lowest BCUT2D eigenvalue weighted by molar-refractivity contribution is 0.276. The number of nitrogens with zero attached hydrogens (tertiary/aromatic N) is 2. The van der Waals surface area contributed by atoms with E-state index in [9.17, 15) is 0 Å². The van der Waals surface area contributed by atoms with Gasteiger partial charge in [0.1, 0.15) is 12.4 Å². The second kappa shape index (κ2) is 8.60. The number of ether oxygens (including phenoxy) is 1. The maximum atomic E-state index is 8.83. The second-order valence-corrected chi connectivity index (χ2v) is 5.02. The summed E-state index contributed by atoms with van der Waals surface area (Å²) in [6.45, 7) is 2.68. The van der Waals surface area contributed by atoms with E-state index in [0.717, 1.165) is 36.5 Å². The van der Waals surface area contributed by atoms with Gasteiger partial charge in [0.05, 0.1) is 7.11 Å². The van der Waals surface area contributed by atoms with Gasteiger partial charge in [-0.15, -0.1) is 0 Å². The molecule has 1 rings (SSSR count). The lowest BCUT2D eigenvalue weighted by Crippen LogP contribution is -2.28. The molecule has 0 aromatic heterocycles. The molecule has 0 aliphatic carbocycles. The quantitative estimate of drug-likeness (QED) is 0.787. The van der Waals surface area contributed by atoms with Crippen molar-refractivity contribution in [1.82, 2.24) is 9.80 Å². The lowest BCUT2D eigenvalue weighted by atomic mass is 10.1. The molecule has 4 heteroatoms. The van der Waals surface area contributed by atoms with Crippen LogP contribution in [0.1, 0.15) is 11.1 Å². The Morgan fingerprint density at radius 3 is 2.55 bits per heavy atom. The summed E-state index contributed by atoms with van der Waals surface area (Å²) in [6, 6.07) is 5.84. The molecule has 1 aromatic rings. The maximum absolute atomic E-state index is 8.83. The van der Waals surface area contributed by atoms with Crippen LogP contribution >= 0.6 is 0 Å². The zero-order chi connectivity index (χ0) is 15.0. The molecule has 0 saturated heterocycles. The van der Waals surface area contributed by atoms with Crippen molar-refractivity contribution < 1.29 is 9.84 Å². The summed E-state index contributed by atoms with van der Waals surface area (Å²) in [5.41, 5.74) is 2.06. The van der Waals surface area contributed by atoms with E-state index in [1.165, 1.54) is 0 Å². The molecule has 20 heavy (non-hydrogen) atoms. The summed E-state index contributed by atoms with van der Waals surface area (Å²) < 4.78 is 5.27. The van der Waals surface area contributed by atoms with Gasteiger partial charge in [-0.05, 0) is 44.9 Å². The Morgan fingerprint density at radius 2 is 1.95 bits per heavy atom. The topological polar surface area (TPSA) is 35.9 Å². The van der Waals surface area contributed by atoms with E-state index in [-0.39, 0.29) is 6.61 Å². The highest BCUT2D eigenvalue weighted by Crippen LogP contribution is 2.18. The summed E-state index contributed by atoms with van der Waals surface area (Å²) >= 11 is 0. The average Bonchev–Trinajstić information content (AvgIpc) is 2.43. The molecular formula is C16H24N2O2. The van der Waals surface area contributed by atoms with Crippen LogP contribution in [0.2, 0.25) is 0 Å². The van der Waals surface area contributed by atoms with Crippen molar-refractivity contribution in [3.63, 3.8) is 0 Å². The Bertz CT molecular complexity index is 475. The molecular weight excluding hydrogens is 252 g/mol. The third-order valence-electron chi connectivity index (χ3n) is 2.98. The highest BCUT2D eigenvalue weighted by Gasteiger charge is 2.07. The van der Waals surface area contributed by atoms with Crippen molar-refractivity contribution in [3.05, 3.63) is 29.3 Å². The SMILES string of the molecule is COc1ccc(C#CCO)c(CN(C)CCN(C)C)c1. The molecule has 0 saturated carbocycles. The number of hydrogen-bond donors (Lipinski definition) is 1. The molecule has 0 fully saturated rings. The molecule has 0 radical (unpaired) electrons. The number of benzene rings is 1. The highest BCUT2D eigenvalue weighted by atomic mass is 16.5. The fraction of sp³-hybridized carbons (Fsp3) is 0.500. The summed E-state index contributed by atoms with van der Waals surface area (Å²) in [4.78, 5) is 4.41. The molecule has 0 unspecified atom stereocenters. The molecule has 0 aliphatic rings. The first-order chi connectivity index (χ1) is 9.56. The van der Waals surface area contributed by atoms with Crippen molar-refractivity contribution in [1.29, 1.82) is 0 Å². The molecule has 1 N–H and O–H groups in total. The van der Waals surface area contributed by atoms with E-state index in [1.54, 1.807) is 7.11 Å². The normalized spacial score (nSPS) is 10.6. The van der Waals surface area contributed by atoms with Gasteiger partial charge in [-0.25, -0.2) is 0 Å². The van der Waals surface area contributed by atoms with Gasteiger partial charge in [-0.1, -0.05) is 11.8 Å². The van der Waals surface area contributed by atoms with Crippen LogP contribution < -0.4 is 4.74 Å². The Labute approximate surface area is 122 Å². The predicted molar refractivity (Wildman–Crippen MR) is 81.8 cm³/mol. The zero-order valence-electron chi connectivity index (χ0n) is 12.8. The van der Waals surface area contributed by atoms with Crippen molar-refractivity contribution in [3.8, 4) is 17.6 Å². The van der Waals surface area contributed by atoms with Gasteiger partial charge in [0.2, 0.25) is 0 Å². The van der Waals surface area contributed by atoms with E-state index in [0.29, 0.717) is 0 Å². The molecule has 0 aliphatic heterocycles. The fourth-order valence-electron chi connectivity index (χ4n) is 1.83. The number of hydrogen-bond acceptors (Lipinski definition) is 4. The number of methoxy groups -OCH3 is 1. The van der Waals surface area contributed by atoms with E-state index >= 15 is 0 Å². The van der Waals surface area contributed by atoms with Gasteiger partial charge in [-0.2, -0.15) is 0 Å². The molecule has 1 aromatic carbocycles. The van der Waals surface area contributed by atoms with Crippen LogP contribution in [0.5, 0.6) is 5.75 Å². The van der Waals surface area contributed by atoms with E-state index in [4.69, 9.17) is 9.84 Å². The largest absolute Gasteiger partial charge is 0.497 e.